The summed E-state index contributed by atoms with van der Waals surface area (Å²) in [5.41, 5.74) is -3.74. The molecule has 0 radical (unpaired) electrons. The number of nitrogens with one attached hydrogen (secondary N) is 2. The standard InChI is InChI=1S/C26H19ClF6N2O4/c1-14(36)39-22-8-7-18(27)13-20(22)23(37)35-21(9-15-5-3-2-4-6-15)24(38)34-19-11-16(25(28,29)30)10-17(12-19)26(31,32)33/h2-8,10-13,21H,9H2,1H3,(H,34,38)(H,35,37)/t21-/m0/s1. The Hall–Kier alpha value is -4.06. The van der Waals surface area contributed by atoms with Crippen LogP contribution in [0.15, 0.2) is 66.7 Å². The molecule has 0 saturated carbocycles. The van der Waals surface area contributed by atoms with E-state index in [-0.39, 0.29) is 28.8 Å². The van der Waals surface area contributed by atoms with Gasteiger partial charge in [0, 0.05) is 24.1 Å². The molecule has 0 bridgehead atoms. The minimum Gasteiger partial charge on any atom is -0.426 e. The Balaban J connectivity index is 1.97. The van der Waals surface area contributed by atoms with E-state index in [1.54, 1.807) is 30.3 Å². The summed E-state index contributed by atoms with van der Waals surface area (Å²) in [7, 11) is 0. The van der Waals surface area contributed by atoms with Gasteiger partial charge in [-0.1, -0.05) is 41.9 Å². The topological polar surface area (TPSA) is 84.5 Å². The molecule has 0 saturated heterocycles. The Morgan fingerprint density at radius 2 is 1.46 bits per heavy atom. The highest BCUT2D eigenvalue weighted by atomic mass is 35.5. The van der Waals surface area contributed by atoms with Crippen molar-refractivity contribution in [2.24, 2.45) is 0 Å². The maximum absolute atomic E-state index is 13.3. The fraction of sp³-hybridized carbons (Fsp3) is 0.192. The largest absolute Gasteiger partial charge is 0.426 e. The lowest BCUT2D eigenvalue weighted by molar-refractivity contribution is -0.143. The SMILES string of the molecule is CC(=O)Oc1ccc(Cl)cc1C(=O)N[C@@H](Cc1ccccc1)C(=O)Nc1cc(C(F)(F)F)cc(C(F)(F)F)c1. The first-order valence-electron chi connectivity index (χ1n) is 11.1. The molecule has 6 nitrogen and oxygen atoms in total. The predicted octanol–water partition coefficient (Wildman–Crippen LogP) is 6.28. The Kier molecular flexibility index (Phi) is 8.90. The molecule has 2 amide bonds. The van der Waals surface area contributed by atoms with Gasteiger partial charge in [-0.25, -0.2) is 0 Å². The number of hydrogen-bond acceptors (Lipinski definition) is 4. The van der Waals surface area contributed by atoms with Crippen LogP contribution in [0, 0.1) is 0 Å². The maximum Gasteiger partial charge on any atom is 0.416 e. The molecule has 0 aliphatic heterocycles. The monoisotopic (exact) mass is 572 g/mol. The minimum atomic E-state index is -5.13. The van der Waals surface area contributed by atoms with Crippen LogP contribution in [0.2, 0.25) is 5.02 Å². The summed E-state index contributed by atoms with van der Waals surface area (Å²) in [6.07, 6.45) is -10.4. The van der Waals surface area contributed by atoms with Gasteiger partial charge in [0.05, 0.1) is 16.7 Å². The van der Waals surface area contributed by atoms with Crippen molar-refractivity contribution in [2.45, 2.75) is 31.7 Å². The lowest BCUT2D eigenvalue weighted by atomic mass is 10.0. The number of halogens is 7. The second kappa shape index (κ2) is 11.8. The van der Waals surface area contributed by atoms with E-state index >= 15 is 0 Å². The summed E-state index contributed by atoms with van der Waals surface area (Å²) in [5.74, 6) is -2.98. The van der Waals surface area contributed by atoms with Gasteiger partial charge in [0.15, 0.2) is 0 Å². The van der Waals surface area contributed by atoms with E-state index in [1.807, 2.05) is 5.32 Å². The van der Waals surface area contributed by atoms with Crippen molar-refractivity contribution in [2.75, 3.05) is 5.32 Å². The number of rotatable bonds is 7. The molecule has 206 valence electrons. The molecule has 0 spiro atoms. The lowest BCUT2D eigenvalue weighted by Crippen LogP contribution is -2.45. The summed E-state index contributed by atoms with van der Waals surface area (Å²) in [6.45, 7) is 1.09. The predicted molar refractivity (Wildman–Crippen MR) is 129 cm³/mol. The Bertz CT molecular complexity index is 1340. The molecule has 0 unspecified atom stereocenters. The van der Waals surface area contributed by atoms with Gasteiger partial charge in [-0.05, 0) is 42.0 Å². The van der Waals surface area contributed by atoms with E-state index in [2.05, 4.69) is 5.32 Å². The van der Waals surface area contributed by atoms with Gasteiger partial charge in [0.25, 0.3) is 5.91 Å². The molecule has 3 aromatic carbocycles. The van der Waals surface area contributed by atoms with Crippen molar-refractivity contribution < 1.29 is 45.5 Å². The van der Waals surface area contributed by atoms with E-state index < -0.39 is 53.0 Å². The molecular weight excluding hydrogens is 554 g/mol. The van der Waals surface area contributed by atoms with Gasteiger partial charge in [0.2, 0.25) is 5.91 Å². The number of carbonyl (C=O) groups is 3. The Morgan fingerprint density at radius 1 is 0.872 bits per heavy atom. The zero-order chi connectivity index (χ0) is 29.0. The first-order valence-corrected chi connectivity index (χ1v) is 11.4. The second-order valence-electron chi connectivity index (χ2n) is 8.23. The molecular formula is C26H19ClF6N2O4. The van der Waals surface area contributed by atoms with E-state index in [4.69, 9.17) is 16.3 Å². The zero-order valence-electron chi connectivity index (χ0n) is 19.9. The van der Waals surface area contributed by atoms with Crippen molar-refractivity contribution in [1.82, 2.24) is 5.32 Å². The van der Waals surface area contributed by atoms with Crippen LogP contribution in [0.4, 0.5) is 32.0 Å². The van der Waals surface area contributed by atoms with Crippen LogP contribution in [-0.2, 0) is 28.4 Å². The number of hydrogen-bond donors (Lipinski definition) is 2. The molecule has 1 atom stereocenters. The van der Waals surface area contributed by atoms with Crippen LogP contribution < -0.4 is 15.4 Å². The third kappa shape index (κ3) is 8.21. The summed E-state index contributed by atoms with van der Waals surface area (Å²) < 4.78 is 84.5. The lowest BCUT2D eigenvalue weighted by Gasteiger charge is -2.21. The number of anilines is 1. The Labute approximate surface area is 222 Å². The van der Waals surface area contributed by atoms with Crippen LogP contribution in [0.1, 0.15) is 34.0 Å². The molecule has 13 heteroatoms. The highest BCUT2D eigenvalue weighted by Gasteiger charge is 2.37. The van der Waals surface area contributed by atoms with Gasteiger partial charge in [-0.2, -0.15) is 26.3 Å². The molecule has 0 aliphatic rings. The highest BCUT2D eigenvalue weighted by molar-refractivity contribution is 6.31. The average molecular weight is 573 g/mol. The van der Waals surface area contributed by atoms with Crippen LogP contribution in [0.3, 0.4) is 0 Å². The number of benzene rings is 3. The maximum atomic E-state index is 13.3. The van der Waals surface area contributed by atoms with E-state index in [1.165, 1.54) is 12.1 Å². The van der Waals surface area contributed by atoms with Gasteiger partial charge < -0.3 is 15.4 Å². The van der Waals surface area contributed by atoms with Crippen LogP contribution >= 0.6 is 11.6 Å². The summed E-state index contributed by atoms with van der Waals surface area (Å²) in [5, 5.41) is 4.51. The van der Waals surface area contributed by atoms with E-state index in [0.29, 0.717) is 17.7 Å². The quantitative estimate of drug-likeness (QED) is 0.198. The molecule has 2 N–H and O–H groups in total. The normalized spacial score (nSPS) is 12.4. The van der Waals surface area contributed by atoms with Crippen molar-refractivity contribution in [3.8, 4) is 5.75 Å². The summed E-state index contributed by atoms with van der Waals surface area (Å²) in [6, 6.07) is 11.0. The van der Waals surface area contributed by atoms with Gasteiger partial charge in [0.1, 0.15) is 11.8 Å². The molecule has 3 rings (SSSR count). The smallest absolute Gasteiger partial charge is 0.416 e. The zero-order valence-corrected chi connectivity index (χ0v) is 20.7. The third-order valence-electron chi connectivity index (χ3n) is 5.20. The fourth-order valence-corrected chi connectivity index (χ4v) is 3.65. The molecule has 3 aromatic rings. The van der Waals surface area contributed by atoms with Crippen molar-refractivity contribution in [3.05, 3.63) is 94.0 Å². The number of amides is 2. The summed E-state index contributed by atoms with van der Waals surface area (Å²) >= 11 is 5.95. The first kappa shape index (κ1) is 29.5. The van der Waals surface area contributed by atoms with Crippen LogP contribution in [0.5, 0.6) is 5.75 Å². The van der Waals surface area contributed by atoms with Gasteiger partial charge in [-0.3, -0.25) is 14.4 Å². The number of carbonyl (C=O) groups excluding carboxylic acids is 3. The third-order valence-corrected chi connectivity index (χ3v) is 5.43. The van der Waals surface area contributed by atoms with E-state index in [9.17, 15) is 40.7 Å². The number of esters is 1. The first-order chi connectivity index (χ1) is 18.1. The van der Waals surface area contributed by atoms with Gasteiger partial charge >= 0.3 is 18.3 Å². The van der Waals surface area contributed by atoms with Crippen molar-refractivity contribution in [1.29, 1.82) is 0 Å². The van der Waals surface area contributed by atoms with Crippen LogP contribution in [0.25, 0.3) is 0 Å². The van der Waals surface area contributed by atoms with Crippen LogP contribution in [-0.4, -0.2) is 23.8 Å². The van der Waals surface area contributed by atoms with Gasteiger partial charge in [-0.15, -0.1) is 0 Å². The summed E-state index contributed by atoms with van der Waals surface area (Å²) in [4.78, 5) is 37.7. The Morgan fingerprint density at radius 3 is 2.00 bits per heavy atom. The molecule has 0 aromatic heterocycles. The van der Waals surface area contributed by atoms with E-state index in [0.717, 1.165) is 13.0 Å². The second-order valence-corrected chi connectivity index (χ2v) is 8.67. The highest BCUT2D eigenvalue weighted by Crippen LogP contribution is 2.37. The number of alkyl halides is 6. The minimum absolute atomic E-state index is 0.0748. The molecule has 0 heterocycles. The molecule has 0 fully saturated rings. The van der Waals surface area contributed by atoms with Crippen molar-refractivity contribution >= 4 is 35.1 Å². The van der Waals surface area contributed by atoms with Crippen molar-refractivity contribution in [3.63, 3.8) is 0 Å². The molecule has 0 aliphatic carbocycles. The fourth-order valence-electron chi connectivity index (χ4n) is 3.48. The molecule has 39 heavy (non-hydrogen) atoms. The average Bonchev–Trinajstić information content (AvgIpc) is 2.83. The number of ether oxygens (including phenoxy) is 1.